The number of aliphatic carboxylic acids is 1. The topological polar surface area (TPSA) is 49.8 Å². The van der Waals surface area contributed by atoms with Gasteiger partial charge in [0.2, 0.25) is 0 Å². The van der Waals surface area contributed by atoms with Crippen LogP contribution in [-0.4, -0.2) is 42.8 Å². The minimum Gasteiger partial charge on any atom is -0.481 e. The van der Waals surface area contributed by atoms with Crippen molar-refractivity contribution in [1.82, 2.24) is 4.90 Å². The Bertz CT molecular complexity index is 417. The Morgan fingerprint density at radius 2 is 2.10 bits per heavy atom. The first-order valence-corrected chi connectivity index (χ1v) is 7.21. The van der Waals surface area contributed by atoms with Crippen molar-refractivity contribution in [2.75, 3.05) is 26.8 Å². The van der Waals surface area contributed by atoms with E-state index in [1.165, 1.54) is 12.8 Å². The average molecular weight is 277 g/mol. The molecular formula is C16H23NO3. The minimum absolute atomic E-state index is 0.0989. The molecule has 0 heterocycles. The fourth-order valence-electron chi connectivity index (χ4n) is 2.27. The predicted molar refractivity (Wildman–Crippen MR) is 77.6 cm³/mol. The number of ether oxygens (including phenoxy) is 1. The summed E-state index contributed by atoms with van der Waals surface area (Å²) in [7, 11) is 1.96. The van der Waals surface area contributed by atoms with Crippen molar-refractivity contribution in [3.05, 3.63) is 35.9 Å². The molecule has 0 bridgehead atoms. The van der Waals surface area contributed by atoms with E-state index < -0.39 is 5.97 Å². The zero-order valence-corrected chi connectivity index (χ0v) is 12.0. The molecule has 4 nitrogen and oxygen atoms in total. The maximum absolute atomic E-state index is 11.1. The molecule has 4 heteroatoms. The Balaban J connectivity index is 1.85. The van der Waals surface area contributed by atoms with Crippen molar-refractivity contribution in [2.45, 2.75) is 25.3 Å². The lowest BCUT2D eigenvalue weighted by molar-refractivity contribution is -0.138. The fourth-order valence-corrected chi connectivity index (χ4v) is 2.27. The van der Waals surface area contributed by atoms with Gasteiger partial charge in [-0.05, 0) is 31.4 Å². The third kappa shape index (κ3) is 4.94. The standard InChI is InChI=1S/C16H23NO3/c1-17(9-10-20-12-13-7-8-13)15(11-16(18)19)14-5-3-2-4-6-14/h2-6,13,15H,7-12H2,1H3,(H,18,19). The first-order valence-electron chi connectivity index (χ1n) is 7.21. The van der Waals surface area contributed by atoms with Crippen molar-refractivity contribution in [3.63, 3.8) is 0 Å². The van der Waals surface area contributed by atoms with Gasteiger partial charge in [-0.3, -0.25) is 9.69 Å². The Morgan fingerprint density at radius 3 is 2.70 bits per heavy atom. The van der Waals surface area contributed by atoms with Gasteiger partial charge < -0.3 is 9.84 Å². The Hall–Kier alpha value is -1.39. The molecule has 20 heavy (non-hydrogen) atoms. The van der Waals surface area contributed by atoms with Crippen LogP contribution in [0.5, 0.6) is 0 Å². The first-order chi connectivity index (χ1) is 9.66. The van der Waals surface area contributed by atoms with Gasteiger partial charge in [0.1, 0.15) is 0 Å². The van der Waals surface area contributed by atoms with E-state index in [-0.39, 0.29) is 12.5 Å². The molecule has 110 valence electrons. The highest BCUT2D eigenvalue weighted by atomic mass is 16.5. The van der Waals surface area contributed by atoms with E-state index >= 15 is 0 Å². The molecule has 0 amide bonds. The summed E-state index contributed by atoms with van der Waals surface area (Å²) >= 11 is 0. The molecule has 1 saturated carbocycles. The van der Waals surface area contributed by atoms with Crippen LogP contribution < -0.4 is 0 Å². The van der Waals surface area contributed by atoms with Gasteiger partial charge in [0.25, 0.3) is 0 Å². The molecule has 1 unspecified atom stereocenters. The second kappa shape index (κ2) is 7.41. The molecule has 1 aromatic carbocycles. The second-order valence-electron chi connectivity index (χ2n) is 5.52. The summed E-state index contributed by atoms with van der Waals surface area (Å²) in [6.45, 7) is 2.26. The predicted octanol–water partition coefficient (Wildman–Crippen LogP) is 2.56. The van der Waals surface area contributed by atoms with Gasteiger partial charge in [-0.2, -0.15) is 0 Å². The molecule has 1 aliphatic rings. The summed E-state index contributed by atoms with van der Waals surface area (Å²) in [5.74, 6) is -0.00570. The van der Waals surface area contributed by atoms with Crippen LogP contribution in [0.1, 0.15) is 30.9 Å². The lowest BCUT2D eigenvalue weighted by Gasteiger charge is -2.27. The minimum atomic E-state index is -0.774. The van der Waals surface area contributed by atoms with Crippen LogP contribution in [0.25, 0.3) is 0 Å². The lowest BCUT2D eigenvalue weighted by atomic mass is 10.0. The van der Waals surface area contributed by atoms with Gasteiger partial charge in [-0.15, -0.1) is 0 Å². The SMILES string of the molecule is CN(CCOCC1CC1)C(CC(=O)O)c1ccccc1. The van der Waals surface area contributed by atoms with E-state index in [4.69, 9.17) is 9.84 Å². The number of hydrogen-bond donors (Lipinski definition) is 1. The third-order valence-electron chi connectivity index (χ3n) is 3.72. The largest absolute Gasteiger partial charge is 0.481 e. The Kier molecular flexibility index (Phi) is 5.56. The van der Waals surface area contributed by atoms with Gasteiger partial charge in [0.05, 0.1) is 13.0 Å². The zero-order chi connectivity index (χ0) is 14.4. The van der Waals surface area contributed by atoms with Gasteiger partial charge >= 0.3 is 5.97 Å². The zero-order valence-electron chi connectivity index (χ0n) is 12.0. The first kappa shape index (κ1) is 15.0. The normalized spacial score (nSPS) is 16.3. The lowest BCUT2D eigenvalue weighted by Crippen LogP contribution is -2.30. The van der Waals surface area contributed by atoms with Crippen LogP contribution in [0.2, 0.25) is 0 Å². The van der Waals surface area contributed by atoms with Gasteiger partial charge in [0.15, 0.2) is 0 Å². The van der Waals surface area contributed by atoms with Crippen LogP contribution in [0.4, 0.5) is 0 Å². The van der Waals surface area contributed by atoms with Crippen LogP contribution in [-0.2, 0) is 9.53 Å². The second-order valence-corrected chi connectivity index (χ2v) is 5.52. The monoisotopic (exact) mass is 277 g/mol. The number of carboxylic acids is 1. The summed E-state index contributed by atoms with van der Waals surface area (Å²) < 4.78 is 5.63. The van der Waals surface area contributed by atoms with Gasteiger partial charge in [-0.1, -0.05) is 30.3 Å². The van der Waals surface area contributed by atoms with E-state index in [1.54, 1.807) is 0 Å². The summed E-state index contributed by atoms with van der Waals surface area (Å²) in [5.41, 5.74) is 1.04. The molecule has 1 fully saturated rings. The third-order valence-corrected chi connectivity index (χ3v) is 3.72. The van der Waals surface area contributed by atoms with Crippen LogP contribution in [0, 0.1) is 5.92 Å². The Morgan fingerprint density at radius 1 is 1.40 bits per heavy atom. The number of benzene rings is 1. The highest BCUT2D eigenvalue weighted by molar-refractivity contribution is 5.67. The van der Waals surface area contributed by atoms with Crippen LogP contribution in [0.15, 0.2) is 30.3 Å². The molecule has 2 rings (SSSR count). The van der Waals surface area contributed by atoms with Crippen molar-refractivity contribution < 1.29 is 14.6 Å². The average Bonchev–Trinajstić information content (AvgIpc) is 3.25. The Labute approximate surface area is 120 Å². The summed E-state index contributed by atoms with van der Waals surface area (Å²) in [6, 6.07) is 9.70. The highest BCUT2D eigenvalue weighted by Crippen LogP contribution is 2.28. The van der Waals surface area contributed by atoms with Crippen molar-refractivity contribution >= 4 is 5.97 Å². The number of carbonyl (C=O) groups is 1. The number of hydrogen-bond acceptors (Lipinski definition) is 3. The van der Waals surface area contributed by atoms with E-state index in [1.807, 2.05) is 37.4 Å². The molecule has 1 aliphatic carbocycles. The molecule has 0 saturated heterocycles. The smallest absolute Gasteiger partial charge is 0.305 e. The molecule has 0 spiro atoms. The van der Waals surface area contributed by atoms with Crippen molar-refractivity contribution in [3.8, 4) is 0 Å². The number of nitrogens with zero attached hydrogens (tertiary/aromatic N) is 1. The maximum Gasteiger partial charge on any atom is 0.305 e. The molecule has 1 atom stereocenters. The summed E-state index contributed by atoms with van der Waals surface area (Å²) in [4.78, 5) is 13.1. The molecule has 1 N–H and O–H groups in total. The van der Waals surface area contributed by atoms with Crippen LogP contribution in [0.3, 0.4) is 0 Å². The number of carboxylic acid groups (broad SMARTS) is 1. The van der Waals surface area contributed by atoms with Gasteiger partial charge in [-0.25, -0.2) is 0 Å². The van der Waals surface area contributed by atoms with E-state index in [0.29, 0.717) is 6.61 Å². The summed E-state index contributed by atoms with van der Waals surface area (Å²) in [5, 5.41) is 9.09. The number of likely N-dealkylation sites (N-methyl/N-ethyl adjacent to an activating group) is 1. The molecular weight excluding hydrogens is 254 g/mol. The van der Waals surface area contributed by atoms with Gasteiger partial charge in [0, 0.05) is 19.2 Å². The highest BCUT2D eigenvalue weighted by Gasteiger charge is 2.22. The van der Waals surface area contributed by atoms with Crippen molar-refractivity contribution in [2.24, 2.45) is 5.92 Å². The molecule has 0 aromatic heterocycles. The summed E-state index contributed by atoms with van der Waals surface area (Å²) in [6.07, 6.45) is 2.70. The van der Waals surface area contributed by atoms with Crippen LogP contribution >= 0.6 is 0 Å². The van der Waals surface area contributed by atoms with Crippen molar-refractivity contribution in [1.29, 1.82) is 0 Å². The molecule has 0 aliphatic heterocycles. The van der Waals surface area contributed by atoms with E-state index in [0.717, 1.165) is 24.6 Å². The quantitative estimate of drug-likeness (QED) is 0.705. The molecule has 1 aromatic rings. The fraction of sp³-hybridized carbons (Fsp3) is 0.562. The van der Waals surface area contributed by atoms with E-state index in [2.05, 4.69) is 4.90 Å². The van der Waals surface area contributed by atoms with E-state index in [9.17, 15) is 4.79 Å². The number of rotatable bonds is 9. The molecule has 0 radical (unpaired) electrons. The maximum atomic E-state index is 11.1.